The molecular formula is C20H43NO5. The molecule has 0 N–H and O–H groups in total. The number of hydrogen-bond donors (Lipinski definition) is 0. The summed E-state index contributed by atoms with van der Waals surface area (Å²) in [6.45, 7) is 8.49. The van der Waals surface area contributed by atoms with E-state index in [-0.39, 0.29) is 11.3 Å². The van der Waals surface area contributed by atoms with Gasteiger partial charge >= 0.3 is 5.97 Å². The predicted molar refractivity (Wildman–Crippen MR) is 106 cm³/mol. The summed E-state index contributed by atoms with van der Waals surface area (Å²) in [4.78, 5) is 0. The van der Waals surface area contributed by atoms with Gasteiger partial charge in [-0.1, -0.05) is 51.9 Å². The van der Waals surface area contributed by atoms with Crippen molar-refractivity contribution in [1.82, 2.24) is 0 Å². The molecule has 158 valence electrons. The minimum Gasteiger partial charge on any atom is -0.633 e. The highest BCUT2D eigenvalue weighted by Gasteiger charge is 2.33. The average Bonchev–Trinajstić information content (AvgIpc) is 2.57. The third kappa shape index (κ3) is 14.9. The Morgan fingerprint density at radius 3 is 1.77 bits per heavy atom. The van der Waals surface area contributed by atoms with E-state index < -0.39 is 5.97 Å². The van der Waals surface area contributed by atoms with E-state index in [0.29, 0.717) is 33.0 Å². The smallest absolute Gasteiger partial charge is 0.307 e. The molecule has 26 heavy (non-hydrogen) atoms. The monoisotopic (exact) mass is 377 g/mol. The van der Waals surface area contributed by atoms with Crippen molar-refractivity contribution in [3.05, 3.63) is 5.21 Å². The van der Waals surface area contributed by atoms with Gasteiger partial charge in [-0.15, -0.1) is 0 Å². The van der Waals surface area contributed by atoms with Crippen molar-refractivity contribution < 1.29 is 23.6 Å². The maximum atomic E-state index is 11.6. The number of likely N-dealkylation sites (N-methyl/N-ethyl adjacent to an activating group) is 1. The molecule has 0 aliphatic carbocycles. The fourth-order valence-electron chi connectivity index (χ4n) is 2.64. The first-order valence-corrected chi connectivity index (χ1v) is 10.4. The maximum absolute atomic E-state index is 11.6. The number of rotatable bonds is 19. The molecule has 0 amide bonds. The Balaban J connectivity index is 4.11. The largest absolute Gasteiger partial charge is 0.633 e. The van der Waals surface area contributed by atoms with Gasteiger partial charge in [0.05, 0.1) is 27.3 Å². The van der Waals surface area contributed by atoms with Crippen LogP contribution in [0.2, 0.25) is 0 Å². The summed E-state index contributed by atoms with van der Waals surface area (Å²) in [6, 6.07) is 0. The molecule has 0 radical (unpaired) electrons. The van der Waals surface area contributed by atoms with Crippen LogP contribution in [0.3, 0.4) is 0 Å². The van der Waals surface area contributed by atoms with Gasteiger partial charge in [0.25, 0.3) is 0 Å². The van der Waals surface area contributed by atoms with E-state index in [1.807, 2.05) is 13.8 Å². The van der Waals surface area contributed by atoms with Crippen LogP contribution in [0, 0.1) is 5.21 Å². The Labute approximate surface area is 161 Å². The van der Waals surface area contributed by atoms with E-state index in [1.165, 1.54) is 38.5 Å². The van der Waals surface area contributed by atoms with Crippen LogP contribution in [0.15, 0.2) is 0 Å². The summed E-state index contributed by atoms with van der Waals surface area (Å²) in [5, 5.41) is 11.6. The van der Waals surface area contributed by atoms with Crippen LogP contribution in [0.1, 0.15) is 72.1 Å². The molecule has 0 atom stereocenters. The Morgan fingerprint density at radius 2 is 1.27 bits per heavy atom. The number of hydroxylamine groups is 3. The molecule has 6 heteroatoms. The second-order valence-corrected chi connectivity index (χ2v) is 7.22. The van der Waals surface area contributed by atoms with Gasteiger partial charge in [0, 0.05) is 13.2 Å². The number of quaternary nitrogens is 1. The summed E-state index contributed by atoms with van der Waals surface area (Å²) in [5.74, 6) is -1.16. The van der Waals surface area contributed by atoms with E-state index >= 15 is 0 Å². The minimum atomic E-state index is -1.16. The van der Waals surface area contributed by atoms with Gasteiger partial charge in [-0.25, -0.2) is 0 Å². The Kier molecular flexibility index (Phi) is 15.6. The summed E-state index contributed by atoms with van der Waals surface area (Å²) in [6.07, 6.45) is 10.0. The highest BCUT2D eigenvalue weighted by Crippen LogP contribution is 2.18. The molecule has 0 fully saturated rings. The van der Waals surface area contributed by atoms with Crippen LogP contribution in [-0.2, 0) is 18.9 Å². The van der Waals surface area contributed by atoms with Gasteiger partial charge < -0.3 is 28.8 Å². The van der Waals surface area contributed by atoms with Crippen molar-refractivity contribution >= 4 is 0 Å². The quantitative estimate of drug-likeness (QED) is 0.144. The molecule has 0 spiro atoms. The Bertz CT molecular complexity index is 301. The fourth-order valence-corrected chi connectivity index (χ4v) is 2.64. The lowest BCUT2D eigenvalue weighted by molar-refractivity contribution is -0.840. The van der Waals surface area contributed by atoms with Crippen molar-refractivity contribution in [2.24, 2.45) is 0 Å². The molecule has 0 bridgehead atoms. The van der Waals surface area contributed by atoms with Crippen LogP contribution in [0.4, 0.5) is 0 Å². The topological polar surface area (TPSA) is 60.0 Å². The summed E-state index contributed by atoms with van der Waals surface area (Å²) < 4.78 is 22.6. The average molecular weight is 378 g/mol. The minimum absolute atomic E-state index is 0.172. The van der Waals surface area contributed by atoms with Crippen molar-refractivity contribution in [2.45, 2.75) is 78.1 Å². The third-order valence-electron chi connectivity index (χ3n) is 4.10. The zero-order chi connectivity index (χ0) is 19.7. The normalized spacial score (nSPS) is 12.7. The van der Waals surface area contributed by atoms with Crippen LogP contribution in [0.25, 0.3) is 0 Å². The number of nitrogens with zero attached hydrogens (tertiary/aromatic N) is 1. The van der Waals surface area contributed by atoms with Crippen molar-refractivity contribution in [2.75, 3.05) is 53.7 Å². The molecule has 0 rings (SSSR count). The molecule has 0 saturated heterocycles. The van der Waals surface area contributed by atoms with Crippen molar-refractivity contribution in [3.8, 4) is 0 Å². The van der Waals surface area contributed by atoms with Crippen LogP contribution >= 0.6 is 0 Å². The highest BCUT2D eigenvalue weighted by molar-refractivity contribution is 4.58. The molecule has 6 nitrogen and oxygen atoms in total. The van der Waals surface area contributed by atoms with Gasteiger partial charge in [-0.2, -0.15) is 0 Å². The zero-order valence-corrected chi connectivity index (χ0v) is 17.9. The standard InChI is InChI=1S/C20H43NO5/c1-6-9-10-11-12-13-14-15-17-26-20(24-7-2,25-8-3)19-23-18-16-21(4,5)22/h6-19H2,1-5H3. The van der Waals surface area contributed by atoms with Gasteiger partial charge in [-0.3, -0.25) is 0 Å². The van der Waals surface area contributed by atoms with Crippen molar-refractivity contribution in [3.63, 3.8) is 0 Å². The SMILES string of the molecule is CCCCCCCCCCOC(COCC[N+](C)(C)[O-])(OCC)OCC. The summed E-state index contributed by atoms with van der Waals surface area (Å²) in [7, 11) is 3.20. The first-order valence-electron chi connectivity index (χ1n) is 10.4. The maximum Gasteiger partial charge on any atom is 0.307 e. The van der Waals surface area contributed by atoms with E-state index in [9.17, 15) is 5.21 Å². The molecule has 0 aliphatic heterocycles. The van der Waals surface area contributed by atoms with E-state index in [0.717, 1.165) is 12.8 Å². The molecular weight excluding hydrogens is 334 g/mol. The van der Waals surface area contributed by atoms with Gasteiger partial charge in [0.2, 0.25) is 0 Å². The van der Waals surface area contributed by atoms with Crippen LogP contribution < -0.4 is 0 Å². The van der Waals surface area contributed by atoms with Crippen LogP contribution in [-0.4, -0.2) is 64.3 Å². The number of ether oxygens (including phenoxy) is 4. The molecule has 0 aromatic carbocycles. The van der Waals surface area contributed by atoms with Crippen molar-refractivity contribution in [1.29, 1.82) is 0 Å². The van der Waals surface area contributed by atoms with E-state index in [1.54, 1.807) is 14.1 Å². The molecule has 0 unspecified atom stereocenters. The van der Waals surface area contributed by atoms with Crippen LogP contribution in [0.5, 0.6) is 0 Å². The van der Waals surface area contributed by atoms with Gasteiger partial charge in [-0.05, 0) is 20.3 Å². The lowest BCUT2D eigenvalue weighted by Gasteiger charge is -2.35. The highest BCUT2D eigenvalue weighted by atomic mass is 16.9. The Hall–Kier alpha value is -0.240. The third-order valence-corrected chi connectivity index (χ3v) is 4.10. The summed E-state index contributed by atoms with van der Waals surface area (Å²) >= 11 is 0. The second-order valence-electron chi connectivity index (χ2n) is 7.22. The molecule has 0 aromatic rings. The zero-order valence-electron chi connectivity index (χ0n) is 17.9. The van der Waals surface area contributed by atoms with Gasteiger partial charge in [0.15, 0.2) is 0 Å². The molecule has 0 aromatic heterocycles. The van der Waals surface area contributed by atoms with E-state index in [4.69, 9.17) is 18.9 Å². The molecule has 0 heterocycles. The molecule has 0 aliphatic rings. The fraction of sp³-hybridized carbons (Fsp3) is 1.00. The Morgan fingerprint density at radius 1 is 0.731 bits per heavy atom. The first kappa shape index (κ1) is 25.8. The number of hydrogen-bond acceptors (Lipinski definition) is 5. The van der Waals surface area contributed by atoms with Gasteiger partial charge in [0.1, 0.15) is 13.2 Å². The lowest BCUT2D eigenvalue weighted by Crippen LogP contribution is -2.45. The number of unbranched alkanes of at least 4 members (excludes halogenated alkanes) is 7. The van der Waals surface area contributed by atoms with E-state index in [2.05, 4.69) is 6.92 Å². The second kappa shape index (κ2) is 15.8. The predicted octanol–water partition coefficient (Wildman–Crippen LogP) is 4.46. The first-order chi connectivity index (χ1) is 12.4. The molecule has 0 saturated carbocycles. The lowest BCUT2D eigenvalue weighted by atomic mass is 10.1. The summed E-state index contributed by atoms with van der Waals surface area (Å²) in [5.41, 5.74) is 0.